The second kappa shape index (κ2) is 12.5. The van der Waals surface area contributed by atoms with Crippen molar-refractivity contribution in [1.82, 2.24) is 15.1 Å². The Bertz CT molecular complexity index is 784. The molecule has 0 aromatic carbocycles. The van der Waals surface area contributed by atoms with Gasteiger partial charge >= 0.3 is 5.97 Å². The topological polar surface area (TPSA) is 197 Å². The van der Waals surface area contributed by atoms with Crippen LogP contribution < -0.4 is 22.5 Å². The number of aliphatic imine (C=N–C) groups is 1. The van der Waals surface area contributed by atoms with Crippen molar-refractivity contribution in [2.75, 3.05) is 19.6 Å². The van der Waals surface area contributed by atoms with Crippen LogP contribution in [-0.2, 0) is 19.2 Å². The van der Waals surface area contributed by atoms with E-state index < -0.39 is 36.0 Å². The van der Waals surface area contributed by atoms with Gasteiger partial charge in [-0.05, 0) is 50.9 Å². The van der Waals surface area contributed by atoms with E-state index in [1.807, 2.05) is 13.8 Å². The number of hydrogen-bond donors (Lipinski definition) is 5. The van der Waals surface area contributed by atoms with Crippen LogP contribution in [0.5, 0.6) is 0 Å². The first-order valence-electron chi connectivity index (χ1n) is 12.0. The van der Waals surface area contributed by atoms with Crippen molar-refractivity contribution in [3.8, 4) is 0 Å². The highest BCUT2D eigenvalue weighted by atomic mass is 16.4. The van der Waals surface area contributed by atoms with Crippen molar-refractivity contribution in [3.05, 3.63) is 0 Å². The molecular weight excluding hydrogens is 442 g/mol. The van der Waals surface area contributed by atoms with Crippen LogP contribution in [0.15, 0.2) is 4.99 Å². The maximum atomic E-state index is 13.4. The van der Waals surface area contributed by atoms with Gasteiger partial charge in [-0.25, -0.2) is 4.79 Å². The Hall–Kier alpha value is -2.89. The number of carboxylic acid groups (broad SMARTS) is 1. The fourth-order valence-corrected chi connectivity index (χ4v) is 4.60. The van der Waals surface area contributed by atoms with Gasteiger partial charge in [0.05, 0.1) is 6.04 Å². The molecule has 0 bridgehead atoms. The van der Waals surface area contributed by atoms with Crippen LogP contribution in [-0.4, -0.2) is 88.4 Å². The lowest BCUT2D eigenvalue weighted by molar-refractivity contribution is -0.148. The van der Waals surface area contributed by atoms with Gasteiger partial charge in [0.25, 0.3) is 0 Å². The Morgan fingerprint density at radius 1 is 1.06 bits per heavy atom. The number of nitrogens with two attached hydrogens (primary N) is 3. The highest BCUT2D eigenvalue weighted by Crippen LogP contribution is 2.26. The lowest BCUT2D eigenvalue weighted by Gasteiger charge is -2.32. The van der Waals surface area contributed by atoms with E-state index in [1.165, 1.54) is 9.80 Å². The zero-order valence-electron chi connectivity index (χ0n) is 20.1. The first-order valence-corrected chi connectivity index (χ1v) is 12.0. The zero-order chi connectivity index (χ0) is 25.4. The highest BCUT2D eigenvalue weighted by molar-refractivity contribution is 5.94. The number of carbonyl (C=O) groups excluding carboxylic acids is 3. The Kier molecular flexibility index (Phi) is 10.1. The second-order valence-electron chi connectivity index (χ2n) is 9.46. The summed E-state index contributed by atoms with van der Waals surface area (Å²) < 4.78 is 0. The summed E-state index contributed by atoms with van der Waals surface area (Å²) in [4.78, 5) is 57.6. The highest BCUT2D eigenvalue weighted by Gasteiger charge is 2.43. The molecule has 12 nitrogen and oxygen atoms in total. The van der Waals surface area contributed by atoms with E-state index in [1.54, 1.807) is 0 Å². The maximum Gasteiger partial charge on any atom is 0.326 e. The number of nitrogens with zero attached hydrogens (tertiary/aromatic N) is 3. The van der Waals surface area contributed by atoms with E-state index in [0.717, 1.165) is 0 Å². The Morgan fingerprint density at radius 2 is 1.68 bits per heavy atom. The van der Waals surface area contributed by atoms with Crippen molar-refractivity contribution >= 4 is 29.7 Å². The number of likely N-dealkylation sites (tertiary alicyclic amines) is 2. The minimum atomic E-state index is -1.10. The number of guanidine groups is 1. The van der Waals surface area contributed by atoms with Gasteiger partial charge in [-0.1, -0.05) is 13.8 Å². The summed E-state index contributed by atoms with van der Waals surface area (Å²) in [5.41, 5.74) is 16.7. The minimum absolute atomic E-state index is 0.0202. The molecule has 2 rings (SSSR count). The molecule has 0 spiro atoms. The molecule has 2 aliphatic rings. The molecule has 0 aliphatic carbocycles. The van der Waals surface area contributed by atoms with Crippen LogP contribution in [0.3, 0.4) is 0 Å². The molecule has 2 heterocycles. The molecule has 4 atom stereocenters. The van der Waals surface area contributed by atoms with Gasteiger partial charge in [-0.2, -0.15) is 0 Å². The van der Waals surface area contributed by atoms with Gasteiger partial charge in [0.1, 0.15) is 18.1 Å². The van der Waals surface area contributed by atoms with Gasteiger partial charge in [-0.3, -0.25) is 19.4 Å². The molecule has 8 N–H and O–H groups in total. The molecule has 12 heteroatoms. The number of carboxylic acids is 1. The van der Waals surface area contributed by atoms with E-state index in [0.29, 0.717) is 64.6 Å². The average molecular weight is 482 g/mol. The number of hydrogen-bond acceptors (Lipinski definition) is 6. The largest absolute Gasteiger partial charge is 0.480 e. The maximum absolute atomic E-state index is 13.4. The number of rotatable bonds is 11. The SMILES string of the molecule is CC(C)C[C@H](NC(=O)[C@@H]1CCCN1C(=O)[C@@H]1CCCN1C(=O)[C@@H](N)CCCN=C(N)N)C(=O)O. The van der Waals surface area contributed by atoms with Gasteiger partial charge in [0.2, 0.25) is 17.7 Å². The van der Waals surface area contributed by atoms with Crippen LogP contribution in [0.2, 0.25) is 0 Å². The predicted octanol–water partition coefficient (Wildman–Crippen LogP) is -1.04. The van der Waals surface area contributed by atoms with E-state index >= 15 is 0 Å². The van der Waals surface area contributed by atoms with Crippen molar-refractivity contribution in [2.24, 2.45) is 28.1 Å². The summed E-state index contributed by atoms with van der Waals surface area (Å²) in [7, 11) is 0. The zero-order valence-corrected chi connectivity index (χ0v) is 20.1. The van der Waals surface area contributed by atoms with E-state index in [-0.39, 0.29) is 23.7 Å². The molecule has 34 heavy (non-hydrogen) atoms. The van der Waals surface area contributed by atoms with Crippen LogP contribution in [0.4, 0.5) is 0 Å². The van der Waals surface area contributed by atoms with Gasteiger partial charge in [-0.15, -0.1) is 0 Å². The van der Waals surface area contributed by atoms with Crippen LogP contribution in [0.25, 0.3) is 0 Å². The molecule has 2 fully saturated rings. The van der Waals surface area contributed by atoms with Crippen molar-refractivity contribution in [1.29, 1.82) is 0 Å². The first kappa shape index (κ1) is 27.4. The molecule has 0 saturated carbocycles. The quantitative estimate of drug-likeness (QED) is 0.140. The number of nitrogens with one attached hydrogen (secondary N) is 1. The standard InChI is InChI=1S/C22H39N7O5/c1-13(2)12-15(21(33)34)27-18(30)16-7-4-10-28(16)20(32)17-8-5-11-29(17)19(31)14(23)6-3-9-26-22(24)25/h13-17H,3-12,23H2,1-2H3,(H,27,30)(H,33,34)(H4,24,25,26)/t14-,15-,16-,17-/m0/s1. The summed E-state index contributed by atoms with van der Waals surface area (Å²) in [5.74, 6) is -2.08. The lowest BCUT2D eigenvalue weighted by Crippen LogP contribution is -2.56. The third-order valence-corrected chi connectivity index (χ3v) is 6.27. The molecular formula is C22H39N7O5. The predicted molar refractivity (Wildman–Crippen MR) is 126 cm³/mol. The first-order chi connectivity index (χ1) is 16.0. The van der Waals surface area contributed by atoms with E-state index in [9.17, 15) is 24.3 Å². The van der Waals surface area contributed by atoms with Gasteiger partial charge < -0.3 is 37.4 Å². The molecule has 0 aromatic heterocycles. The third-order valence-electron chi connectivity index (χ3n) is 6.27. The van der Waals surface area contributed by atoms with Crippen LogP contribution in [0, 0.1) is 5.92 Å². The summed E-state index contributed by atoms with van der Waals surface area (Å²) in [6.07, 6.45) is 3.48. The molecule has 0 unspecified atom stereocenters. The Morgan fingerprint density at radius 3 is 2.26 bits per heavy atom. The normalized spacial score (nSPS) is 21.9. The van der Waals surface area contributed by atoms with Crippen LogP contribution >= 0.6 is 0 Å². The molecule has 192 valence electrons. The molecule has 3 amide bonds. The summed E-state index contributed by atoms with van der Waals surface area (Å²) in [5, 5.41) is 12.0. The third kappa shape index (κ3) is 7.31. The lowest BCUT2D eigenvalue weighted by atomic mass is 10.0. The smallest absolute Gasteiger partial charge is 0.326 e. The summed E-state index contributed by atoms with van der Waals surface area (Å²) in [6.45, 7) is 4.94. The molecule has 2 aliphatic heterocycles. The molecule has 0 radical (unpaired) electrons. The monoisotopic (exact) mass is 481 g/mol. The average Bonchev–Trinajstić information content (AvgIpc) is 3.44. The van der Waals surface area contributed by atoms with Crippen molar-refractivity contribution < 1.29 is 24.3 Å². The minimum Gasteiger partial charge on any atom is -0.480 e. The molecule has 2 saturated heterocycles. The summed E-state index contributed by atoms with van der Waals surface area (Å²) >= 11 is 0. The van der Waals surface area contributed by atoms with Crippen LogP contribution in [0.1, 0.15) is 58.8 Å². The number of carbonyl (C=O) groups is 4. The van der Waals surface area contributed by atoms with E-state index in [2.05, 4.69) is 10.3 Å². The number of amides is 3. The van der Waals surface area contributed by atoms with Gasteiger partial charge in [0.15, 0.2) is 5.96 Å². The molecule has 0 aromatic rings. The van der Waals surface area contributed by atoms with E-state index in [4.69, 9.17) is 17.2 Å². The van der Waals surface area contributed by atoms with Crippen molar-refractivity contribution in [2.45, 2.75) is 83.0 Å². The number of aliphatic carboxylic acids is 1. The fraction of sp³-hybridized carbons (Fsp3) is 0.773. The second-order valence-corrected chi connectivity index (χ2v) is 9.46. The Labute approximate surface area is 200 Å². The van der Waals surface area contributed by atoms with Gasteiger partial charge in [0, 0.05) is 19.6 Å². The summed E-state index contributed by atoms with van der Waals surface area (Å²) in [6, 6.07) is -3.19. The fourth-order valence-electron chi connectivity index (χ4n) is 4.60. The Balaban J connectivity index is 2.02. The van der Waals surface area contributed by atoms with Crippen molar-refractivity contribution in [3.63, 3.8) is 0 Å².